The molecule has 0 saturated heterocycles. The minimum absolute atomic E-state index is 0.0387. The van der Waals surface area contributed by atoms with Crippen LogP contribution in [0.15, 0.2) is 16.7 Å². The number of nitrogens with one attached hydrogen (secondary N) is 1. The normalized spacial score (nSPS) is 15.8. The monoisotopic (exact) mass is 339 g/mol. The maximum atomic E-state index is 12.7. The van der Waals surface area contributed by atoms with Crippen LogP contribution in [-0.4, -0.2) is 35.4 Å². The molecule has 1 aromatic heterocycles. The van der Waals surface area contributed by atoms with Crippen LogP contribution in [0.5, 0.6) is 0 Å². The molecule has 0 spiro atoms. The molecule has 5 heteroatoms. The van der Waals surface area contributed by atoms with E-state index < -0.39 is 0 Å². The van der Waals surface area contributed by atoms with Gasteiger partial charge in [0.25, 0.3) is 5.91 Å². The molecule has 1 atom stereocenters. The third kappa shape index (κ3) is 3.51. The Balaban J connectivity index is 2.20. The van der Waals surface area contributed by atoms with Gasteiger partial charge in [0.2, 0.25) is 0 Å². The molecule has 4 nitrogen and oxygen atoms in total. The molecule has 0 aliphatic heterocycles. The lowest BCUT2D eigenvalue weighted by molar-refractivity contribution is 0.0728. The average molecular weight is 340 g/mol. The number of anilines is 1. The van der Waals surface area contributed by atoms with Gasteiger partial charge < -0.3 is 10.2 Å². The predicted molar refractivity (Wildman–Crippen MR) is 85.0 cm³/mol. The number of hydrogen-bond donors (Lipinski definition) is 1. The molecule has 1 heterocycles. The first-order valence-electron chi connectivity index (χ1n) is 7.21. The van der Waals surface area contributed by atoms with E-state index in [0.717, 1.165) is 17.4 Å². The summed E-state index contributed by atoms with van der Waals surface area (Å²) in [6.45, 7) is 5.03. The minimum Gasteiger partial charge on any atom is -0.369 e. The van der Waals surface area contributed by atoms with Crippen molar-refractivity contribution in [3.8, 4) is 0 Å². The number of carbonyl (C=O) groups is 1. The molecule has 2 rings (SSSR count). The topological polar surface area (TPSA) is 45.2 Å². The Labute approximate surface area is 129 Å². The third-order valence-electron chi connectivity index (χ3n) is 3.86. The smallest absolute Gasteiger partial charge is 0.257 e. The summed E-state index contributed by atoms with van der Waals surface area (Å²) in [7, 11) is 1.88. The third-order valence-corrected chi connectivity index (χ3v) is 4.30. The van der Waals surface area contributed by atoms with Crippen molar-refractivity contribution in [2.45, 2.75) is 39.2 Å². The van der Waals surface area contributed by atoms with E-state index in [2.05, 4.69) is 40.1 Å². The summed E-state index contributed by atoms with van der Waals surface area (Å²) in [6.07, 6.45) is 5.19. The van der Waals surface area contributed by atoms with Crippen LogP contribution >= 0.6 is 15.9 Å². The van der Waals surface area contributed by atoms with E-state index in [0.29, 0.717) is 23.3 Å². The lowest BCUT2D eigenvalue weighted by Gasteiger charge is -2.25. The summed E-state index contributed by atoms with van der Waals surface area (Å²) in [5.74, 6) is 1.38. The van der Waals surface area contributed by atoms with E-state index in [4.69, 9.17) is 0 Å². The van der Waals surface area contributed by atoms with Gasteiger partial charge in [0.05, 0.1) is 5.56 Å². The summed E-state index contributed by atoms with van der Waals surface area (Å²) in [6, 6.07) is 2.14. The maximum Gasteiger partial charge on any atom is 0.257 e. The Hall–Kier alpha value is -1.10. The van der Waals surface area contributed by atoms with Crippen molar-refractivity contribution in [3.63, 3.8) is 0 Å². The van der Waals surface area contributed by atoms with Gasteiger partial charge in [-0.05, 0) is 54.1 Å². The zero-order valence-corrected chi connectivity index (χ0v) is 13.9. The highest BCUT2D eigenvalue weighted by atomic mass is 79.9. The fourth-order valence-electron chi connectivity index (χ4n) is 2.26. The fraction of sp³-hybridized carbons (Fsp3) is 0.600. The van der Waals surface area contributed by atoms with Crippen LogP contribution in [0.1, 0.15) is 43.5 Å². The van der Waals surface area contributed by atoms with Gasteiger partial charge in [0, 0.05) is 30.3 Å². The van der Waals surface area contributed by atoms with Gasteiger partial charge in [-0.25, -0.2) is 4.98 Å². The summed E-state index contributed by atoms with van der Waals surface area (Å²) >= 11 is 3.40. The van der Waals surface area contributed by atoms with Crippen LogP contribution in [0, 0.1) is 5.92 Å². The Morgan fingerprint density at radius 3 is 2.90 bits per heavy atom. The Bertz CT molecular complexity index is 488. The van der Waals surface area contributed by atoms with Crippen molar-refractivity contribution >= 4 is 27.7 Å². The molecule has 1 fully saturated rings. The molecule has 0 aromatic carbocycles. The molecule has 1 aliphatic rings. The lowest BCUT2D eigenvalue weighted by Crippen LogP contribution is -2.37. The second kappa shape index (κ2) is 6.57. The van der Waals surface area contributed by atoms with Crippen molar-refractivity contribution in [2.24, 2.45) is 5.92 Å². The molecule has 1 unspecified atom stereocenters. The number of aromatic nitrogens is 1. The zero-order valence-electron chi connectivity index (χ0n) is 12.3. The molecular weight excluding hydrogens is 318 g/mol. The number of halogens is 1. The molecule has 1 N–H and O–H groups in total. The van der Waals surface area contributed by atoms with Crippen LogP contribution in [0.2, 0.25) is 0 Å². The number of carbonyl (C=O) groups excluding carboxylic acids is 1. The van der Waals surface area contributed by atoms with Crippen LogP contribution in [0.25, 0.3) is 0 Å². The summed E-state index contributed by atoms with van der Waals surface area (Å²) in [5.41, 5.74) is 0.642. The van der Waals surface area contributed by atoms with Crippen molar-refractivity contribution < 1.29 is 4.79 Å². The number of amides is 1. The van der Waals surface area contributed by atoms with Gasteiger partial charge in [-0.1, -0.05) is 6.92 Å². The first kappa shape index (κ1) is 15.3. The molecule has 1 amide bonds. The van der Waals surface area contributed by atoms with Crippen molar-refractivity contribution in [2.75, 3.05) is 18.9 Å². The van der Waals surface area contributed by atoms with E-state index in [1.54, 1.807) is 6.20 Å². The number of pyridine rings is 1. The summed E-state index contributed by atoms with van der Waals surface area (Å²) in [5, 5.41) is 3.23. The van der Waals surface area contributed by atoms with E-state index in [9.17, 15) is 4.79 Å². The Kier molecular flexibility index (Phi) is 5.02. The van der Waals surface area contributed by atoms with Crippen LogP contribution in [0.4, 0.5) is 5.82 Å². The molecule has 1 saturated carbocycles. The van der Waals surface area contributed by atoms with Crippen molar-refractivity contribution in [1.82, 2.24) is 9.88 Å². The standard InChI is InChI=1S/C15H22BrN3O/c1-4-7-17-14-13(8-12(16)9-18-14)15(20)19(3)10(2)11-5-6-11/h8-11H,4-7H2,1-3H3,(H,17,18). The van der Waals surface area contributed by atoms with Crippen molar-refractivity contribution in [3.05, 3.63) is 22.3 Å². The van der Waals surface area contributed by atoms with Gasteiger partial charge in [0.1, 0.15) is 5.82 Å². The van der Waals surface area contributed by atoms with Crippen molar-refractivity contribution in [1.29, 1.82) is 0 Å². The van der Waals surface area contributed by atoms with E-state index in [1.807, 2.05) is 18.0 Å². The largest absolute Gasteiger partial charge is 0.369 e. The quantitative estimate of drug-likeness (QED) is 0.862. The first-order chi connectivity index (χ1) is 9.54. The highest BCUT2D eigenvalue weighted by Crippen LogP contribution is 2.35. The van der Waals surface area contributed by atoms with Gasteiger partial charge in [-0.15, -0.1) is 0 Å². The number of nitrogens with zero attached hydrogens (tertiary/aromatic N) is 2. The first-order valence-corrected chi connectivity index (χ1v) is 8.00. The maximum absolute atomic E-state index is 12.7. The zero-order chi connectivity index (χ0) is 14.7. The second-order valence-electron chi connectivity index (χ2n) is 5.47. The number of rotatable bonds is 6. The molecular formula is C15H22BrN3O. The molecule has 1 aliphatic carbocycles. The lowest BCUT2D eigenvalue weighted by atomic mass is 10.1. The SMILES string of the molecule is CCCNc1ncc(Br)cc1C(=O)N(C)C(C)C1CC1. The Morgan fingerprint density at radius 1 is 1.60 bits per heavy atom. The van der Waals surface area contributed by atoms with E-state index in [-0.39, 0.29) is 5.91 Å². The fourth-order valence-corrected chi connectivity index (χ4v) is 2.59. The molecule has 1 aromatic rings. The van der Waals surface area contributed by atoms with E-state index >= 15 is 0 Å². The minimum atomic E-state index is 0.0387. The number of hydrogen-bond acceptors (Lipinski definition) is 3. The summed E-state index contributed by atoms with van der Waals surface area (Å²) in [4.78, 5) is 18.9. The van der Waals surface area contributed by atoms with Crippen LogP contribution in [0.3, 0.4) is 0 Å². The molecule has 0 radical (unpaired) electrons. The molecule has 0 bridgehead atoms. The van der Waals surface area contributed by atoms with Gasteiger partial charge in [0.15, 0.2) is 0 Å². The average Bonchev–Trinajstić information content (AvgIpc) is 3.28. The second-order valence-corrected chi connectivity index (χ2v) is 6.39. The van der Waals surface area contributed by atoms with Gasteiger partial charge in [-0.3, -0.25) is 4.79 Å². The van der Waals surface area contributed by atoms with Gasteiger partial charge in [-0.2, -0.15) is 0 Å². The summed E-state index contributed by atoms with van der Waals surface area (Å²) < 4.78 is 0.829. The highest BCUT2D eigenvalue weighted by molar-refractivity contribution is 9.10. The van der Waals surface area contributed by atoms with Crippen LogP contribution < -0.4 is 5.32 Å². The van der Waals surface area contributed by atoms with E-state index in [1.165, 1.54) is 12.8 Å². The predicted octanol–water partition coefficient (Wildman–Crippen LogP) is 3.54. The van der Waals surface area contributed by atoms with Gasteiger partial charge >= 0.3 is 0 Å². The molecule has 20 heavy (non-hydrogen) atoms. The van der Waals surface area contributed by atoms with Crippen LogP contribution in [-0.2, 0) is 0 Å². The highest BCUT2D eigenvalue weighted by Gasteiger charge is 2.33. The molecule has 110 valence electrons. The Morgan fingerprint density at radius 2 is 2.30 bits per heavy atom.